The van der Waals surface area contributed by atoms with Gasteiger partial charge in [-0.15, -0.1) is 0 Å². The molecule has 31 heavy (non-hydrogen) atoms. The highest BCUT2D eigenvalue weighted by Gasteiger charge is 2.72. The van der Waals surface area contributed by atoms with E-state index < -0.39 is 51.1 Å². The van der Waals surface area contributed by atoms with Crippen molar-refractivity contribution in [2.24, 2.45) is 16.7 Å². The second-order valence-corrected chi connectivity index (χ2v) is 10.6. The van der Waals surface area contributed by atoms with Gasteiger partial charge in [-0.05, 0) is 25.0 Å². The van der Waals surface area contributed by atoms with E-state index in [0.29, 0.717) is 18.4 Å². The molecular formula is C23H25BrO7. The van der Waals surface area contributed by atoms with E-state index in [0.717, 1.165) is 12.5 Å². The lowest BCUT2D eigenvalue weighted by molar-refractivity contribution is -0.173. The van der Waals surface area contributed by atoms with Gasteiger partial charge in [0.2, 0.25) is 5.78 Å². The van der Waals surface area contributed by atoms with Crippen LogP contribution in [0.15, 0.2) is 35.5 Å². The van der Waals surface area contributed by atoms with E-state index in [2.05, 4.69) is 15.9 Å². The topological polar surface area (TPSA) is 118 Å². The number of fused-ring (bicyclic) bond motifs is 5. The monoisotopic (exact) mass is 492 g/mol. The van der Waals surface area contributed by atoms with E-state index >= 15 is 0 Å². The van der Waals surface area contributed by atoms with Crippen molar-refractivity contribution in [2.75, 3.05) is 6.61 Å². The van der Waals surface area contributed by atoms with Gasteiger partial charge in [-0.3, -0.25) is 19.2 Å². The molecule has 0 aromatic rings. The van der Waals surface area contributed by atoms with Crippen LogP contribution in [-0.4, -0.2) is 56.2 Å². The van der Waals surface area contributed by atoms with Gasteiger partial charge in [0.1, 0.15) is 10.4 Å². The molecule has 2 saturated carbocycles. The SMILES string of the molecule is CC(=O)OCC(=O)[C@@]1(O)[C@H](O)C=C2[C@@H]3CCC4=CC(=O)C=C[C@]4(C)[C@@]3(Br)C(=O)C[C@@]21C. The first-order valence-electron chi connectivity index (χ1n) is 10.3. The second kappa shape index (κ2) is 6.80. The first kappa shape index (κ1) is 22.3. The number of carbonyl (C=O) groups excluding carboxylic acids is 4. The maximum absolute atomic E-state index is 13.7. The van der Waals surface area contributed by atoms with Crippen LogP contribution in [0.25, 0.3) is 0 Å². The third-order valence-electron chi connectivity index (χ3n) is 7.87. The number of esters is 1. The number of hydrogen-bond donors (Lipinski definition) is 2. The third kappa shape index (κ3) is 2.64. The Labute approximate surface area is 188 Å². The number of hydrogen-bond acceptors (Lipinski definition) is 7. The molecule has 2 fully saturated rings. The van der Waals surface area contributed by atoms with Gasteiger partial charge in [0.15, 0.2) is 23.8 Å². The number of aliphatic hydroxyl groups is 2. The molecule has 4 aliphatic carbocycles. The molecule has 2 N–H and O–H groups in total. The normalized spacial score (nSPS) is 43.4. The number of aliphatic hydroxyl groups excluding tert-OH is 1. The zero-order valence-electron chi connectivity index (χ0n) is 17.6. The lowest BCUT2D eigenvalue weighted by atomic mass is 9.48. The molecule has 6 atom stereocenters. The molecule has 4 rings (SSSR count). The minimum absolute atomic E-state index is 0.115. The molecule has 0 radical (unpaired) electrons. The van der Waals surface area contributed by atoms with E-state index in [4.69, 9.17) is 4.74 Å². The van der Waals surface area contributed by atoms with Crippen LogP contribution in [0, 0.1) is 16.7 Å². The van der Waals surface area contributed by atoms with E-state index in [-0.39, 0.29) is 18.0 Å². The van der Waals surface area contributed by atoms with Gasteiger partial charge in [0, 0.05) is 30.1 Å². The number of carbonyl (C=O) groups is 4. The number of rotatable bonds is 3. The van der Waals surface area contributed by atoms with Gasteiger partial charge >= 0.3 is 5.97 Å². The predicted molar refractivity (Wildman–Crippen MR) is 113 cm³/mol. The average Bonchev–Trinajstić information content (AvgIpc) is 2.89. The van der Waals surface area contributed by atoms with Crippen LogP contribution in [0.2, 0.25) is 0 Å². The summed E-state index contributed by atoms with van der Waals surface area (Å²) in [5.74, 6) is -2.25. The minimum Gasteiger partial charge on any atom is -0.458 e. The molecule has 0 heterocycles. The molecule has 0 aromatic heterocycles. The van der Waals surface area contributed by atoms with Crippen molar-refractivity contribution < 1.29 is 34.1 Å². The van der Waals surface area contributed by atoms with E-state index in [1.807, 2.05) is 6.92 Å². The van der Waals surface area contributed by atoms with E-state index in [9.17, 15) is 29.4 Å². The summed E-state index contributed by atoms with van der Waals surface area (Å²) in [5.41, 5.74) is -2.87. The molecule has 0 saturated heterocycles. The summed E-state index contributed by atoms with van der Waals surface area (Å²) in [7, 11) is 0. The van der Waals surface area contributed by atoms with Crippen LogP contribution in [0.1, 0.15) is 40.0 Å². The van der Waals surface area contributed by atoms with Crippen molar-refractivity contribution in [3.8, 4) is 0 Å². The maximum Gasteiger partial charge on any atom is 0.303 e. The summed E-state index contributed by atoms with van der Waals surface area (Å²) in [6.07, 6.45) is 5.65. The van der Waals surface area contributed by atoms with Crippen molar-refractivity contribution in [1.29, 1.82) is 0 Å². The molecule has 0 spiro atoms. The van der Waals surface area contributed by atoms with Gasteiger partial charge in [-0.2, -0.15) is 0 Å². The van der Waals surface area contributed by atoms with Crippen LogP contribution in [-0.2, 0) is 23.9 Å². The molecule has 8 heteroatoms. The summed E-state index contributed by atoms with van der Waals surface area (Å²) in [4.78, 5) is 49.7. The number of halogens is 1. The van der Waals surface area contributed by atoms with Crippen molar-refractivity contribution >= 4 is 39.2 Å². The Morgan fingerprint density at radius 2 is 1.97 bits per heavy atom. The summed E-state index contributed by atoms with van der Waals surface area (Å²) >= 11 is 3.75. The quantitative estimate of drug-likeness (QED) is 0.350. The summed E-state index contributed by atoms with van der Waals surface area (Å²) in [6, 6.07) is 0. The van der Waals surface area contributed by atoms with Crippen molar-refractivity contribution in [2.45, 2.75) is 56.1 Å². The Morgan fingerprint density at radius 3 is 2.61 bits per heavy atom. The first-order chi connectivity index (χ1) is 14.3. The molecule has 166 valence electrons. The second-order valence-electron chi connectivity index (χ2n) is 9.38. The van der Waals surface area contributed by atoms with Crippen LogP contribution in [0.3, 0.4) is 0 Å². The number of Topliss-reactive ketones (excluding diaryl/α,β-unsaturated/α-hetero) is 2. The molecule has 0 aromatic carbocycles. The predicted octanol–water partition coefficient (Wildman–Crippen LogP) is 1.74. The standard InChI is InChI=1S/C23H25BrO7/c1-12(25)31-11-19(29)23(30)17(27)9-16-15-5-4-13-8-14(26)6-7-20(13,2)22(15,24)18(28)10-21(16,23)3/h6-9,15,17,27,30H,4-5,10-11H2,1-3H3/t15-,17+,20-,21-,22-,23-/m0/s1. The van der Waals surface area contributed by atoms with Gasteiger partial charge in [-0.1, -0.05) is 53.1 Å². The Kier molecular flexibility index (Phi) is 4.89. The van der Waals surface area contributed by atoms with Crippen molar-refractivity contribution in [1.82, 2.24) is 0 Å². The summed E-state index contributed by atoms with van der Waals surface area (Å²) in [5, 5.41) is 22.2. The van der Waals surface area contributed by atoms with Crippen LogP contribution in [0.5, 0.6) is 0 Å². The highest BCUT2D eigenvalue weighted by Crippen LogP contribution is 2.68. The minimum atomic E-state index is -2.28. The van der Waals surface area contributed by atoms with Crippen LogP contribution >= 0.6 is 15.9 Å². The summed E-state index contributed by atoms with van der Waals surface area (Å²) in [6.45, 7) is 3.98. The van der Waals surface area contributed by atoms with Gasteiger partial charge in [0.05, 0.1) is 0 Å². The molecule has 0 aliphatic heterocycles. The number of allylic oxidation sites excluding steroid dienone is 4. The smallest absolute Gasteiger partial charge is 0.303 e. The number of alkyl halides is 1. The lowest BCUT2D eigenvalue weighted by Crippen LogP contribution is -2.66. The Morgan fingerprint density at radius 1 is 1.29 bits per heavy atom. The highest BCUT2D eigenvalue weighted by atomic mass is 79.9. The molecule has 7 nitrogen and oxygen atoms in total. The van der Waals surface area contributed by atoms with E-state index in [1.165, 1.54) is 12.2 Å². The zero-order valence-corrected chi connectivity index (χ0v) is 19.2. The first-order valence-corrected chi connectivity index (χ1v) is 11.1. The fraction of sp³-hybridized carbons (Fsp3) is 0.565. The lowest BCUT2D eigenvalue weighted by Gasteiger charge is -2.59. The zero-order chi connectivity index (χ0) is 23.0. The Bertz CT molecular complexity index is 1010. The number of ketones is 3. The summed E-state index contributed by atoms with van der Waals surface area (Å²) < 4.78 is 3.71. The van der Waals surface area contributed by atoms with Gasteiger partial charge in [-0.25, -0.2) is 0 Å². The van der Waals surface area contributed by atoms with Gasteiger partial charge in [0.25, 0.3) is 0 Å². The van der Waals surface area contributed by atoms with Gasteiger partial charge < -0.3 is 14.9 Å². The molecule has 0 amide bonds. The maximum atomic E-state index is 13.7. The molecule has 4 aliphatic rings. The Hall–Kier alpha value is -1.90. The molecule has 0 bridgehead atoms. The van der Waals surface area contributed by atoms with Crippen LogP contribution in [0.4, 0.5) is 0 Å². The van der Waals surface area contributed by atoms with Crippen LogP contribution < -0.4 is 0 Å². The average molecular weight is 493 g/mol. The molecule has 0 unspecified atom stereocenters. The molecular weight excluding hydrogens is 468 g/mol. The Balaban J connectivity index is 1.79. The van der Waals surface area contributed by atoms with Crippen molar-refractivity contribution in [3.05, 3.63) is 35.5 Å². The largest absolute Gasteiger partial charge is 0.458 e. The fourth-order valence-corrected chi connectivity index (χ4v) is 7.09. The highest BCUT2D eigenvalue weighted by molar-refractivity contribution is 9.10. The van der Waals surface area contributed by atoms with E-state index in [1.54, 1.807) is 19.1 Å². The van der Waals surface area contributed by atoms with Crippen molar-refractivity contribution in [3.63, 3.8) is 0 Å². The third-order valence-corrected chi connectivity index (χ3v) is 9.69. The number of ether oxygens (including phenoxy) is 1. The fourth-order valence-electron chi connectivity index (χ4n) is 6.08.